The molecule has 0 radical (unpaired) electrons. The zero-order chi connectivity index (χ0) is 17.8. The molecule has 1 rings (SSSR count). The van der Waals surface area contributed by atoms with Crippen molar-refractivity contribution in [1.29, 1.82) is 0 Å². The highest BCUT2D eigenvalue weighted by Crippen LogP contribution is 2.27. The highest BCUT2D eigenvalue weighted by atomic mass is 15.1. The lowest BCUT2D eigenvalue weighted by atomic mass is 9.85. The van der Waals surface area contributed by atoms with Gasteiger partial charge in [0.1, 0.15) is 0 Å². The fraction of sp³-hybridized carbons (Fsp3) is 0.905. The molecule has 0 aromatic rings. The lowest BCUT2D eigenvalue weighted by Crippen LogP contribution is -2.38. The van der Waals surface area contributed by atoms with Gasteiger partial charge >= 0.3 is 0 Å². The van der Waals surface area contributed by atoms with Gasteiger partial charge in [0, 0.05) is 18.3 Å². The third-order valence-corrected chi connectivity index (χ3v) is 4.59. The molecule has 138 valence electrons. The second kappa shape index (κ2) is 12.9. The molecule has 1 fully saturated rings. The first-order valence-corrected chi connectivity index (χ1v) is 10.0. The maximum Gasteiger partial charge on any atom is 0.0375 e. The molecule has 2 heteroatoms. The topological polar surface area (TPSA) is 15.3 Å². The lowest BCUT2D eigenvalue weighted by molar-refractivity contribution is 0.174. The first kappa shape index (κ1) is 22.5. The van der Waals surface area contributed by atoms with Gasteiger partial charge in [0.2, 0.25) is 0 Å². The summed E-state index contributed by atoms with van der Waals surface area (Å²) in [6.45, 7) is 23.1. The molecule has 0 aromatic heterocycles. The molecule has 2 nitrogen and oxygen atoms in total. The maximum absolute atomic E-state index is 4.14. The zero-order valence-corrected chi connectivity index (χ0v) is 17.1. The molecule has 0 saturated carbocycles. The molecule has 1 N–H and O–H groups in total. The van der Waals surface area contributed by atoms with Gasteiger partial charge in [-0.25, -0.2) is 0 Å². The molecule has 1 aliphatic heterocycles. The Morgan fingerprint density at radius 1 is 1.04 bits per heavy atom. The molecule has 0 amide bonds. The summed E-state index contributed by atoms with van der Waals surface area (Å²) in [6, 6.07) is 0.497. The van der Waals surface area contributed by atoms with Crippen LogP contribution < -0.4 is 5.32 Å². The summed E-state index contributed by atoms with van der Waals surface area (Å²) in [4.78, 5) is 2.56. The Hall–Kier alpha value is -0.500. The van der Waals surface area contributed by atoms with E-state index in [-0.39, 0.29) is 0 Å². The maximum atomic E-state index is 4.14. The number of hydrogen-bond donors (Lipinski definition) is 1. The summed E-state index contributed by atoms with van der Waals surface area (Å²) in [5.41, 5.74) is 1.17. The van der Waals surface area contributed by atoms with E-state index in [1.165, 1.54) is 50.9 Å². The Morgan fingerprint density at radius 2 is 1.61 bits per heavy atom. The van der Waals surface area contributed by atoms with Gasteiger partial charge in [-0.15, -0.1) is 0 Å². The number of rotatable bonds is 9. The van der Waals surface area contributed by atoms with Crippen molar-refractivity contribution in [1.82, 2.24) is 10.2 Å². The van der Waals surface area contributed by atoms with Crippen molar-refractivity contribution >= 4 is 0 Å². The van der Waals surface area contributed by atoms with Crippen LogP contribution in [0.1, 0.15) is 80.6 Å². The van der Waals surface area contributed by atoms with E-state index < -0.39 is 0 Å². The quantitative estimate of drug-likeness (QED) is 0.585. The largest absolute Gasteiger partial charge is 0.386 e. The summed E-state index contributed by atoms with van der Waals surface area (Å²) in [6.07, 6.45) is 6.99. The van der Waals surface area contributed by atoms with E-state index in [1.807, 2.05) is 13.8 Å². The van der Waals surface area contributed by atoms with Crippen LogP contribution in [0.3, 0.4) is 0 Å². The zero-order valence-electron chi connectivity index (χ0n) is 17.1. The Kier molecular flexibility index (Phi) is 12.6. The average Bonchev–Trinajstić information content (AvgIpc) is 2.48. The van der Waals surface area contributed by atoms with Crippen LogP contribution in [0.4, 0.5) is 0 Å². The fourth-order valence-electron chi connectivity index (χ4n) is 3.41. The highest BCUT2D eigenvalue weighted by Gasteiger charge is 2.21. The van der Waals surface area contributed by atoms with Crippen LogP contribution in [0, 0.1) is 17.8 Å². The van der Waals surface area contributed by atoms with E-state index >= 15 is 0 Å². The van der Waals surface area contributed by atoms with Gasteiger partial charge in [0.05, 0.1) is 0 Å². The first-order chi connectivity index (χ1) is 10.9. The Labute approximate surface area is 147 Å². The van der Waals surface area contributed by atoms with Gasteiger partial charge in [0.25, 0.3) is 0 Å². The van der Waals surface area contributed by atoms with Gasteiger partial charge in [-0.1, -0.05) is 54.0 Å². The second-order valence-corrected chi connectivity index (χ2v) is 7.93. The van der Waals surface area contributed by atoms with Crippen molar-refractivity contribution in [2.75, 3.05) is 19.6 Å². The Balaban J connectivity index is 0.00000232. The summed E-state index contributed by atoms with van der Waals surface area (Å²) in [5, 5.41) is 3.42. The summed E-state index contributed by atoms with van der Waals surface area (Å²) in [5.74, 6) is 2.71. The smallest absolute Gasteiger partial charge is 0.0375 e. The van der Waals surface area contributed by atoms with Gasteiger partial charge in [-0.2, -0.15) is 0 Å². The van der Waals surface area contributed by atoms with E-state index in [1.54, 1.807) is 0 Å². The first-order valence-electron chi connectivity index (χ1n) is 10.0. The van der Waals surface area contributed by atoms with Crippen molar-refractivity contribution in [2.45, 2.75) is 86.6 Å². The van der Waals surface area contributed by atoms with Crippen LogP contribution in [0.25, 0.3) is 0 Å². The number of hydrogen-bond acceptors (Lipinski definition) is 2. The number of likely N-dealkylation sites (tertiary alicyclic amines) is 1. The van der Waals surface area contributed by atoms with Gasteiger partial charge < -0.3 is 5.32 Å². The molecular weight excluding hydrogens is 280 g/mol. The van der Waals surface area contributed by atoms with Crippen LogP contribution >= 0.6 is 0 Å². The molecule has 0 bridgehead atoms. The van der Waals surface area contributed by atoms with Crippen LogP contribution in [-0.2, 0) is 0 Å². The number of nitrogens with one attached hydrogen (secondary N) is 1. The molecule has 1 aliphatic rings. The van der Waals surface area contributed by atoms with Gasteiger partial charge in [0.15, 0.2) is 0 Å². The van der Waals surface area contributed by atoms with E-state index in [0.29, 0.717) is 6.04 Å². The fourth-order valence-corrected chi connectivity index (χ4v) is 3.41. The molecule has 1 saturated heterocycles. The van der Waals surface area contributed by atoms with Gasteiger partial charge in [-0.05, 0) is 64.0 Å². The molecule has 1 atom stereocenters. The monoisotopic (exact) mass is 324 g/mol. The summed E-state index contributed by atoms with van der Waals surface area (Å²) >= 11 is 0. The van der Waals surface area contributed by atoms with Crippen molar-refractivity contribution in [3.05, 3.63) is 12.3 Å². The minimum absolute atomic E-state index is 0.497. The molecule has 0 spiro atoms. The molecule has 0 aliphatic carbocycles. The molecule has 1 unspecified atom stereocenters. The van der Waals surface area contributed by atoms with Crippen molar-refractivity contribution in [3.8, 4) is 0 Å². The summed E-state index contributed by atoms with van der Waals surface area (Å²) in [7, 11) is 0. The van der Waals surface area contributed by atoms with Crippen LogP contribution in [0.15, 0.2) is 12.3 Å². The standard InChI is InChI=1S/C19H38N2.C2H6/c1-15(2)7-8-17(5)13-19-9-11-21(12-10-19)14-18(6)20-16(3)4;1-2/h15-17,19-20H,6-14H2,1-5H3;1-2H3. The van der Waals surface area contributed by atoms with Crippen molar-refractivity contribution < 1.29 is 0 Å². The predicted octanol–water partition coefficient (Wildman–Crippen LogP) is 5.70. The Bertz CT molecular complexity index is 288. The van der Waals surface area contributed by atoms with Gasteiger partial charge in [-0.3, -0.25) is 4.90 Å². The van der Waals surface area contributed by atoms with E-state index in [2.05, 4.69) is 51.4 Å². The van der Waals surface area contributed by atoms with Crippen molar-refractivity contribution in [3.63, 3.8) is 0 Å². The molecule has 0 aromatic carbocycles. The summed E-state index contributed by atoms with van der Waals surface area (Å²) < 4.78 is 0. The minimum atomic E-state index is 0.497. The SMILES string of the molecule is C=C(CN1CCC(CC(C)CCC(C)C)CC1)NC(C)C.CC. The number of nitrogens with zero attached hydrogens (tertiary/aromatic N) is 1. The average molecular weight is 325 g/mol. The van der Waals surface area contributed by atoms with E-state index in [9.17, 15) is 0 Å². The molecule has 1 heterocycles. The minimum Gasteiger partial charge on any atom is -0.386 e. The van der Waals surface area contributed by atoms with Crippen LogP contribution in [0.2, 0.25) is 0 Å². The van der Waals surface area contributed by atoms with Crippen molar-refractivity contribution in [2.24, 2.45) is 17.8 Å². The van der Waals surface area contributed by atoms with Crippen LogP contribution in [0.5, 0.6) is 0 Å². The highest BCUT2D eigenvalue weighted by molar-refractivity contribution is 4.96. The number of piperidine rings is 1. The predicted molar refractivity (Wildman–Crippen MR) is 106 cm³/mol. The third-order valence-electron chi connectivity index (χ3n) is 4.59. The van der Waals surface area contributed by atoms with E-state index in [0.717, 1.165) is 24.3 Å². The molecule has 23 heavy (non-hydrogen) atoms. The van der Waals surface area contributed by atoms with E-state index in [4.69, 9.17) is 0 Å². The van der Waals surface area contributed by atoms with Crippen LogP contribution in [-0.4, -0.2) is 30.6 Å². The Morgan fingerprint density at radius 3 is 2.09 bits per heavy atom. The third kappa shape index (κ3) is 11.6. The molecular formula is C21H44N2. The normalized spacial score (nSPS) is 17.8. The second-order valence-electron chi connectivity index (χ2n) is 7.93. The lowest BCUT2D eigenvalue weighted by Gasteiger charge is -2.34.